The Balaban J connectivity index is 0.000000973. The molecule has 2 N–H and O–H groups in total. The molecule has 315 valence electrons. The third kappa shape index (κ3) is 11.2. The van der Waals surface area contributed by atoms with Crippen LogP contribution in [0.4, 0.5) is 11.4 Å². The summed E-state index contributed by atoms with van der Waals surface area (Å²) in [6, 6.07) is 29.5. The summed E-state index contributed by atoms with van der Waals surface area (Å²) in [5.41, 5.74) is 16.2. The van der Waals surface area contributed by atoms with E-state index >= 15 is 0 Å². The van der Waals surface area contributed by atoms with Crippen molar-refractivity contribution in [2.45, 2.75) is 151 Å². The Kier molecular flexibility index (Phi) is 16.9. The Hall–Kier alpha value is -2.95. The molecule has 0 amide bonds. The van der Waals surface area contributed by atoms with Gasteiger partial charge >= 0.3 is 325 Å². The van der Waals surface area contributed by atoms with E-state index in [2.05, 4.69) is 211 Å². The maximum atomic E-state index is 8.56. The van der Waals surface area contributed by atoms with Gasteiger partial charge in [-0.05, 0) is 20.3 Å². The number of hydrogen-bond acceptors (Lipinski definition) is 5. The maximum Gasteiger partial charge on any atom is 0.0536 e. The second-order valence-electron chi connectivity index (χ2n) is 18.5. The predicted octanol–water partition coefficient (Wildman–Crippen LogP) is 11.8. The van der Waals surface area contributed by atoms with Gasteiger partial charge in [-0.25, -0.2) is 0 Å². The van der Waals surface area contributed by atoms with E-state index in [-0.39, 0.29) is 19.1 Å². The van der Waals surface area contributed by atoms with E-state index in [1.807, 2.05) is 0 Å². The smallest absolute Gasteiger partial charge is 0.0536 e. The van der Waals surface area contributed by atoms with Crippen LogP contribution < -0.4 is 9.62 Å². The molecule has 2 unspecified atom stereocenters. The molecule has 1 heterocycles. The molecule has 4 aromatic rings. The summed E-state index contributed by atoms with van der Waals surface area (Å²) in [6.07, 6.45) is -0.278. The van der Waals surface area contributed by atoms with Crippen LogP contribution >= 0.6 is 0 Å². The molecule has 1 aliphatic rings. The SMILES string of the molecule is CC(C)c1cc(C(C)C)c(-c2c[c-]c(N3B(N(C)C)[B]N(c4ccc(-c5c(C(C)C)cc(C(C)C)cc5C(C)C)cc4)[C]3=[Pt])cc2)c(C(C)C)c1.CC(O)CC(C)O. The molecule has 4 aromatic carbocycles. The van der Waals surface area contributed by atoms with Crippen LogP contribution in [-0.4, -0.2) is 59.7 Å². The van der Waals surface area contributed by atoms with Crippen LogP contribution in [0.1, 0.15) is 172 Å². The number of anilines is 2. The molecule has 5 rings (SSSR count). The summed E-state index contributed by atoms with van der Waals surface area (Å²) in [5, 5.41) is 17.1. The van der Waals surface area contributed by atoms with Crippen molar-refractivity contribution >= 4 is 29.7 Å². The summed E-state index contributed by atoms with van der Waals surface area (Å²) in [4.78, 5) is 7.00. The molecule has 0 bridgehead atoms. The summed E-state index contributed by atoms with van der Waals surface area (Å²) in [7, 11) is 6.64. The molecule has 1 saturated heterocycles. The molecule has 5 nitrogen and oxygen atoms in total. The second kappa shape index (κ2) is 20.5. The summed E-state index contributed by atoms with van der Waals surface area (Å²) >= 11 is 2.50. The zero-order valence-corrected chi connectivity index (χ0v) is 40.7. The topological polar surface area (TPSA) is 50.2 Å². The van der Waals surface area contributed by atoms with Crippen LogP contribution in [0.2, 0.25) is 0 Å². The number of nitrogens with zero attached hydrogens (tertiary/aromatic N) is 3. The van der Waals surface area contributed by atoms with Crippen LogP contribution in [0.3, 0.4) is 0 Å². The van der Waals surface area contributed by atoms with Gasteiger partial charge in [-0.2, -0.15) is 0 Å². The quantitative estimate of drug-likeness (QED) is 0.103. The molecule has 1 fully saturated rings. The van der Waals surface area contributed by atoms with Crippen molar-refractivity contribution in [2.75, 3.05) is 23.7 Å². The van der Waals surface area contributed by atoms with Gasteiger partial charge in [-0.15, -0.1) is 0 Å². The van der Waals surface area contributed by atoms with Gasteiger partial charge < -0.3 is 10.2 Å². The Morgan fingerprint density at radius 3 is 1.31 bits per heavy atom. The Morgan fingerprint density at radius 1 is 0.603 bits per heavy atom. The number of hydrogen-bond donors (Lipinski definition) is 2. The van der Waals surface area contributed by atoms with Crippen LogP contribution in [0.15, 0.2) is 66.7 Å². The van der Waals surface area contributed by atoms with E-state index < -0.39 is 0 Å². The van der Waals surface area contributed by atoms with Crippen LogP contribution in [0, 0.1) is 6.07 Å². The molecule has 0 aromatic heterocycles. The minimum Gasteiger partial charge on any atom is -0.393 e. The van der Waals surface area contributed by atoms with E-state index in [4.69, 9.17) is 10.2 Å². The largest absolute Gasteiger partial charge is 0.393 e. The van der Waals surface area contributed by atoms with Crippen LogP contribution in [0.25, 0.3) is 22.3 Å². The van der Waals surface area contributed by atoms with Crippen molar-refractivity contribution in [1.82, 2.24) is 4.81 Å². The minimum atomic E-state index is -0.375. The number of aliphatic hydroxyl groups excluding tert-OH is 2. The molecule has 58 heavy (non-hydrogen) atoms. The first-order chi connectivity index (χ1) is 27.1. The van der Waals surface area contributed by atoms with Gasteiger partial charge in [0.15, 0.2) is 0 Å². The van der Waals surface area contributed by atoms with Crippen molar-refractivity contribution in [3.63, 3.8) is 0 Å². The van der Waals surface area contributed by atoms with E-state index in [0.29, 0.717) is 41.9 Å². The van der Waals surface area contributed by atoms with Crippen molar-refractivity contribution < 1.29 is 29.6 Å². The van der Waals surface area contributed by atoms with E-state index in [9.17, 15) is 0 Å². The van der Waals surface area contributed by atoms with Crippen molar-refractivity contribution in [3.05, 3.63) is 106 Å². The van der Waals surface area contributed by atoms with Crippen LogP contribution in [-0.2, 0) is 19.4 Å². The molecule has 0 aliphatic carbocycles. The van der Waals surface area contributed by atoms with E-state index in [1.165, 1.54) is 61.3 Å². The Morgan fingerprint density at radius 2 is 1.00 bits per heavy atom. The third-order valence-electron chi connectivity index (χ3n) is 11.2. The standard InChI is InChI=1S/C45H59B2N3.C5H12O2.Pt/c1-28(2)36-23-40(30(5)6)44(41(24-36)31(7)8)34-15-19-38(20-16-34)49-27-50(47(46-49)48(13)14)39-21-17-35(18-22-39)45-42(32(9)10)25-37(29(3)4)26-43(45)33(11)12;1-4(6)3-5(2)7;/h15-21,23-26,28-33H,1-14H3;4-7H,3H2,1-2H3;/q-1;;. The maximum absolute atomic E-state index is 8.56. The van der Waals surface area contributed by atoms with Gasteiger partial charge in [0.1, 0.15) is 0 Å². The van der Waals surface area contributed by atoms with Crippen molar-refractivity contribution in [2.24, 2.45) is 0 Å². The number of benzene rings is 4. The fourth-order valence-corrected chi connectivity index (χ4v) is 8.88. The molecule has 0 spiro atoms. The monoisotopic (exact) mass is 963 g/mol. The van der Waals surface area contributed by atoms with Gasteiger partial charge in [0, 0.05) is 0 Å². The molecule has 8 heteroatoms. The fraction of sp³-hybridized carbons (Fsp3) is 0.500. The second-order valence-corrected chi connectivity index (χ2v) is 19.5. The molecule has 1 radical (unpaired) electrons. The zero-order valence-electron chi connectivity index (χ0n) is 38.4. The first-order valence-electron chi connectivity index (χ1n) is 21.6. The molecule has 2 atom stereocenters. The summed E-state index contributed by atoms with van der Waals surface area (Å²) in [5.74, 6) is 2.77. The summed E-state index contributed by atoms with van der Waals surface area (Å²) < 4.78 is 1.14. The molecule has 0 saturated carbocycles. The van der Waals surface area contributed by atoms with Gasteiger partial charge in [0.2, 0.25) is 0 Å². The Labute approximate surface area is 365 Å². The zero-order chi connectivity index (χ0) is 43.3. The molecule has 1 aliphatic heterocycles. The minimum absolute atomic E-state index is 0.0608. The van der Waals surface area contributed by atoms with Crippen molar-refractivity contribution in [1.29, 1.82) is 0 Å². The number of rotatable bonds is 13. The fourth-order valence-electron chi connectivity index (χ4n) is 7.84. The van der Waals surface area contributed by atoms with Gasteiger partial charge in [-0.1, -0.05) is 0 Å². The normalized spacial score (nSPS) is 14.5. The predicted molar refractivity (Wildman–Crippen MR) is 250 cm³/mol. The summed E-state index contributed by atoms with van der Waals surface area (Å²) in [6.45, 7) is 31.2. The average Bonchev–Trinajstić information content (AvgIpc) is 3.50. The van der Waals surface area contributed by atoms with Crippen LogP contribution in [0.5, 0.6) is 0 Å². The number of aliphatic hydroxyl groups is 2. The Bertz CT molecular complexity index is 1900. The third-order valence-corrected chi connectivity index (χ3v) is 12.3. The molecular weight excluding hydrogens is 891 g/mol. The first-order valence-corrected chi connectivity index (χ1v) is 22.7. The van der Waals surface area contributed by atoms with Gasteiger partial charge in [-0.3, -0.25) is 0 Å². The van der Waals surface area contributed by atoms with E-state index in [1.54, 1.807) is 13.8 Å². The van der Waals surface area contributed by atoms with Gasteiger partial charge in [0.25, 0.3) is 0 Å². The van der Waals surface area contributed by atoms with Crippen molar-refractivity contribution in [3.8, 4) is 22.3 Å². The molecular formula is C50H71B2N3O2Pt-. The average molecular weight is 963 g/mol. The van der Waals surface area contributed by atoms with Gasteiger partial charge in [0.05, 0.1) is 12.2 Å². The van der Waals surface area contributed by atoms with E-state index in [0.717, 1.165) is 9.83 Å². The first kappa shape index (κ1) is 47.7.